The van der Waals surface area contributed by atoms with E-state index < -0.39 is 10.0 Å². The minimum atomic E-state index is -3.37. The number of piperidine rings is 1. The Balaban J connectivity index is 1.55. The van der Waals surface area contributed by atoms with Crippen LogP contribution in [0.1, 0.15) is 43.0 Å². The van der Waals surface area contributed by atoms with Crippen LogP contribution in [-0.4, -0.2) is 32.4 Å². The second kappa shape index (κ2) is 7.05. The highest BCUT2D eigenvalue weighted by Crippen LogP contribution is 2.36. The smallest absolute Gasteiger partial charge is 0.254 e. The van der Waals surface area contributed by atoms with Crippen LogP contribution in [0.15, 0.2) is 40.7 Å². The topological polar surface area (TPSA) is 54.8 Å². The number of thiophene rings is 1. The summed E-state index contributed by atoms with van der Waals surface area (Å²) in [6.07, 6.45) is 6.99. The molecule has 1 N–H and O–H groups in total. The molecule has 1 atom stereocenters. The lowest BCUT2D eigenvalue weighted by atomic mass is 10.2. The van der Waals surface area contributed by atoms with Crippen molar-refractivity contribution in [2.75, 3.05) is 24.5 Å². The zero-order valence-corrected chi connectivity index (χ0v) is 15.9. The van der Waals surface area contributed by atoms with Crippen LogP contribution in [0.4, 0.5) is 5.82 Å². The first-order chi connectivity index (χ1) is 12.2. The molecule has 5 nitrogen and oxygen atoms in total. The van der Waals surface area contributed by atoms with Gasteiger partial charge in [-0.25, -0.2) is 13.4 Å². The molecule has 0 aromatic carbocycles. The van der Waals surface area contributed by atoms with Crippen molar-refractivity contribution in [3.63, 3.8) is 0 Å². The van der Waals surface area contributed by atoms with E-state index in [0.717, 1.165) is 44.5 Å². The van der Waals surface area contributed by atoms with Gasteiger partial charge in [0.15, 0.2) is 0 Å². The van der Waals surface area contributed by atoms with Crippen LogP contribution in [0.3, 0.4) is 0 Å². The number of H-pyrrole nitrogens is 1. The second-order valence-electron chi connectivity index (χ2n) is 6.74. The van der Waals surface area contributed by atoms with E-state index in [1.54, 1.807) is 27.9 Å². The number of pyridine rings is 1. The zero-order valence-electron chi connectivity index (χ0n) is 14.2. The Morgan fingerprint density at radius 3 is 2.56 bits per heavy atom. The Morgan fingerprint density at radius 1 is 1.04 bits per heavy atom. The van der Waals surface area contributed by atoms with Crippen molar-refractivity contribution in [1.82, 2.24) is 4.31 Å². The number of sulfonamides is 1. The molecule has 0 unspecified atom stereocenters. The normalized spacial score (nSPS) is 22.4. The van der Waals surface area contributed by atoms with Gasteiger partial charge in [0.05, 0.1) is 6.54 Å². The van der Waals surface area contributed by atoms with Crippen molar-refractivity contribution in [2.45, 2.75) is 43.0 Å². The Morgan fingerprint density at radius 2 is 1.88 bits per heavy atom. The van der Waals surface area contributed by atoms with Crippen molar-refractivity contribution in [3.8, 4) is 0 Å². The molecule has 2 aliphatic rings. The van der Waals surface area contributed by atoms with E-state index >= 15 is 0 Å². The average Bonchev–Trinajstić information content (AvgIpc) is 3.34. The Labute approximate surface area is 153 Å². The Hall–Kier alpha value is -1.44. The number of hydrogen-bond donors (Lipinski definition) is 0. The molecule has 2 aromatic rings. The van der Waals surface area contributed by atoms with Crippen molar-refractivity contribution in [2.24, 2.45) is 0 Å². The second-order valence-corrected chi connectivity index (χ2v) is 9.66. The van der Waals surface area contributed by atoms with Crippen LogP contribution in [0.5, 0.6) is 0 Å². The highest BCUT2D eigenvalue weighted by Gasteiger charge is 2.34. The van der Waals surface area contributed by atoms with Crippen molar-refractivity contribution < 1.29 is 13.4 Å². The number of aromatic amines is 1. The van der Waals surface area contributed by atoms with Gasteiger partial charge in [-0.3, -0.25) is 4.90 Å². The molecule has 0 saturated carbocycles. The Kier molecular flexibility index (Phi) is 4.80. The summed E-state index contributed by atoms with van der Waals surface area (Å²) in [5.41, 5.74) is 0. The molecule has 0 radical (unpaired) electrons. The van der Waals surface area contributed by atoms with Crippen LogP contribution < -0.4 is 9.88 Å². The maximum absolute atomic E-state index is 12.8. The summed E-state index contributed by atoms with van der Waals surface area (Å²) in [6, 6.07) is 8.33. The summed E-state index contributed by atoms with van der Waals surface area (Å²) >= 11 is 1.79. The number of anilines is 1. The molecule has 2 fully saturated rings. The summed E-state index contributed by atoms with van der Waals surface area (Å²) in [5.74, 6) is 0.994. The number of rotatable bonds is 4. The summed E-state index contributed by atoms with van der Waals surface area (Å²) in [5, 5.41) is 2.11. The van der Waals surface area contributed by atoms with Crippen molar-refractivity contribution >= 4 is 27.2 Å². The molecular weight excluding hydrogens is 354 g/mol. The first-order valence-corrected chi connectivity index (χ1v) is 11.3. The maximum atomic E-state index is 12.8. The van der Waals surface area contributed by atoms with E-state index in [-0.39, 0.29) is 0 Å². The highest BCUT2D eigenvalue weighted by molar-refractivity contribution is 7.89. The largest absolute Gasteiger partial charge is 0.274 e. The quantitative estimate of drug-likeness (QED) is 0.822. The van der Waals surface area contributed by atoms with Crippen molar-refractivity contribution in [3.05, 3.63) is 40.7 Å². The van der Waals surface area contributed by atoms with E-state index in [0.29, 0.717) is 24.0 Å². The lowest BCUT2D eigenvalue weighted by Gasteiger charge is -2.25. The van der Waals surface area contributed by atoms with Gasteiger partial charge in [0.2, 0.25) is 10.0 Å². The molecule has 0 bridgehead atoms. The van der Waals surface area contributed by atoms with Crippen LogP contribution in [0, 0.1) is 0 Å². The molecule has 0 spiro atoms. The van der Waals surface area contributed by atoms with Crippen molar-refractivity contribution in [1.29, 1.82) is 0 Å². The summed E-state index contributed by atoms with van der Waals surface area (Å²) in [7, 11) is -3.37. The minimum absolute atomic E-state index is 0.366. The number of aromatic nitrogens is 1. The molecule has 134 valence electrons. The van der Waals surface area contributed by atoms with E-state index in [1.807, 2.05) is 6.07 Å². The monoisotopic (exact) mass is 378 g/mol. The fraction of sp³-hybridized carbons (Fsp3) is 0.500. The van der Waals surface area contributed by atoms with Gasteiger partial charge in [-0.2, -0.15) is 4.31 Å². The summed E-state index contributed by atoms with van der Waals surface area (Å²) < 4.78 is 27.1. The molecule has 0 aliphatic carbocycles. The molecular formula is C18H24N3O2S2+. The van der Waals surface area contributed by atoms with Gasteiger partial charge >= 0.3 is 0 Å². The SMILES string of the molecule is O=S(=O)(c1ccc(N2CCC[C@H]2c2cccs2)[nH+]c1)N1CCCCC1. The standard InChI is InChI=1S/C18H23N3O2S2/c22-25(23,20-10-2-1-3-11-20)15-8-9-18(19-14-15)21-12-4-6-16(21)17-7-5-13-24-17/h5,7-9,13-14,16H,1-4,6,10-12H2/p+1/t16-/m0/s1. The lowest BCUT2D eigenvalue weighted by molar-refractivity contribution is -0.367. The van der Waals surface area contributed by atoms with Gasteiger partial charge in [0.25, 0.3) is 5.82 Å². The molecule has 25 heavy (non-hydrogen) atoms. The van der Waals surface area contributed by atoms with E-state index in [4.69, 9.17) is 0 Å². The first-order valence-electron chi connectivity index (χ1n) is 8.98. The van der Waals surface area contributed by atoms with Gasteiger partial charge in [0, 0.05) is 24.0 Å². The molecule has 2 aromatic heterocycles. The third-order valence-electron chi connectivity index (χ3n) is 5.15. The number of nitrogens with one attached hydrogen (secondary N) is 1. The third-order valence-corrected chi connectivity index (χ3v) is 8.02. The van der Waals surface area contributed by atoms with Gasteiger partial charge in [-0.1, -0.05) is 12.5 Å². The van der Waals surface area contributed by atoms with Crippen LogP contribution in [0.2, 0.25) is 0 Å². The van der Waals surface area contributed by atoms with Gasteiger partial charge in [-0.05, 0) is 43.2 Å². The van der Waals surface area contributed by atoms with E-state index in [1.165, 1.54) is 4.88 Å². The predicted molar refractivity (Wildman–Crippen MR) is 99.2 cm³/mol. The molecule has 2 saturated heterocycles. The summed E-state index contributed by atoms with van der Waals surface area (Å²) in [6.45, 7) is 2.27. The zero-order chi connectivity index (χ0) is 17.3. The fourth-order valence-corrected chi connectivity index (χ4v) is 6.19. The molecule has 4 heterocycles. The average molecular weight is 379 g/mol. The molecule has 0 amide bonds. The van der Waals surface area contributed by atoms with Gasteiger partial charge in [0.1, 0.15) is 17.1 Å². The fourth-order valence-electron chi connectivity index (χ4n) is 3.83. The van der Waals surface area contributed by atoms with E-state index in [9.17, 15) is 8.42 Å². The van der Waals surface area contributed by atoms with Crippen LogP contribution in [0.25, 0.3) is 0 Å². The lowest BCUT2D eigenvalue weighted by Crippen LogP contribution is -2.36. The number of nitrogens with zero attached hydrogens (tertiary/aromatic N) is 2. The third kappa shape index (κ3) is 3.32. The van der Waals surface area contributed by atoms with Gasteiger partial charge in [-0.15, -0.1) is 11.3 Å². The van der Waals surface area contributed by atoms with E-state index in [2.05, 4.69) is 27.4 Å². The van der Waals surface area contributed by atoms with Crippen LogP contribution >= 0.6 is 11.3 Å². The maximum Gasteiger partial charge on any atom is 0.274 e. The highest BCUT2D eigenvalue weighted by atomic mass is 32.2. The number of hydrogen-bond acceptors (Lipinski definition) is 4. The van der Waals surface area contributed by atoms with Crippen LogP contribution in [-0.2, 0) is 10.0 Å². The van der Waals surface area contributed by atoms with Gasteiger partial charge < -0.3 is 0 Å². The first kappa shape index (κ1) is 17.0. The Bertz CT molecular complexity index is 797. The molecule has 4 rings (SSSR count). The molecule has 7 heteroatoms. The predicted octanol–water partition coefficient (Wildman–Crippen LogP) is 3.08. The minimum Gasteiger partial charge on any atom is -0.254 e. The molecule has 2 aliphatic heterocycles. The summed E-state index contributed by atoms with van der Waals surface area (Å²) in [4.78, 5) is 7.33.